The van der Waals surface area contributed by atoms with Gasteiger partial charge in [-0.1, -0.05) is 23.7 Å². The number of aromatic nitrogens is 2. The number of rotatable bonds is 3. The topological polar surface area (TPSA) is 50.8 Å². The monoisotopic (exact) mass is 261 g/mol. The molecule has 1 aromatic heterocycles. The van der Waals surface area contributed by atoms with Crippen LogP contribution in [0.25, 0.3) is 11.4 Å². The van der Waals surface area contributed by atoms with Crippen molar-refractivity contribution in [3.8, 4) is 23.2 Å². The Labute approximate surface area is 110 Å². The number of nitriles is 1. The molecular weight excluding hydrogens is 250 g/mol. The van der Waals surface area contributed by atoms with Gasteiger partial charge in [0.1, 0.15) is 16.7 Å². The number of methoxy groups -OCH3 is 1. The molecule has 18 heavy (non-hydrogen) atoms. The molecule has 2 aromatic rings. The SMILES string of the molecule is COc1cccc(-c2nc(CC#N)c(Cl)n2C)c1. The average molecular weight is 262 g/mol. The lowest BCUT2D eigenvalue weighted by Crippen LogP contribution is -1.93. The number of ether oxygens (including phenoxy) is 1. The smallest absolute Gasteiger partial charge is 0.141 e. The fourth-order valence-corrected chi connectivity index (χ4v) is 1.93. The third kappa shape index (κ3) is 2.18. The molecule has 0 bridgehead atoms. The third-order valence-electron chi connectivity index (χ3n) is 2.67. The zero-order valence-corrected chi connectivity index (χ0v) is 10.9. The van der Waals surface area contributed by atoms with Gasteiger partial charge in [-0.2, -0.15) is 5.26 Å². The number of halogens is 1. The van der Waals surface area contributed by atoms with E-state index in [4.69, 9.17) is 21.6 Å². The van der Waals surface area contributed by atoms with Crippen LogP contribution in [-0.2, 0) is 13.5 Å². The highest BCUT2D eigenvalue weighted by molar-refractivity contribution is 6.30. The quantitative estimate of drug-likeness (QED) is 0.854. The van der Waals surface area contributed by atoms with Crippen molar-refractivity contribution in [1.29, 1.82) is 5.26 Å². The molecule has 0 spiro atoms. The van der Waals surface area contributed by atoms with E-state index < -0.39 is 0 Å². The molecule has 0 aliphatic rings. The Bertz CT molecular complexity index is 613. The van der Waals surface area contributed by atoms with Gasteiger partial charge >= 0.3 is 0 Å². The standard InChI is InChI=1S/C13H12ClN3O/c1-17-12(14)11(6-7-15)16-13(17)9-4-3-5-10(8-9)18-2/h3-5,8H,6H2,1-2H3. The summed E-state index contributed by atoms with van der Waals surface area (Å²) in [5, 5.41) is 9.21. The lowest BCUT2D eigenvalue weighted by atomic mass is 10.2. The predicted molar refractivity (Wildman–Crippen MR) is 69.5 cm³/mol. The van der Waals surface area contributed by atoms with Gasteiger partial charge < -0.3 is 9.30 Å². The second-order valence-corrected chi connectivity index (χ2v) is 4.16. The summed E-state index contributed by atoms with van der Waals surface area (Å²) in [6.07, 6.45) is 0.205. The first-order valence-corrected chi connectivity index (χ1v) is 5.77. The summed E-state index contributed by atoms with van der Waals surface area (Å²) in [5.74, 6) is 1.48. The molecule has 0 saturated heterocycles. The van der Waals surface area contributed by atoms with Gasteiger partial charge in [0.15, 0.2) is 0 Å². The summed E-state index contributed by atoms with van der Waals surface area (Å²) in [7, 11) is 3.44. The van der Waals surface area contributed by atoms with Gasteiger partial charge in [0.2, 0.25) is 0 Å². The molecule has 0 aliphatic carbocycles. The number of hydrogen-bond acceptors (Lipinski definition) is 3. The highest BCUT2D eigenvalue weighted by Crippen LogP contribution is 2.27. The molecule has 0 N–H and O–H groups in total. The maximum absolute atomic E-state index is 8.72. The molecule has 0 aliphatic heterocycles. The molecule has 0 atom stereocenters. The number of imidazole rings is 1. The Balaban J connectivity index is 2.50. The van der Waals surface area contributed by atoms with E-state index in [2.05, 4.69) is 11.1 Å². The maximum atomic E-state index is 8.72. The molecule has 92 valence electrons. The van der Waals surface area contributed by atoms with Crippen LogP contribution in [0.4, 0.5) is 0 Å². The lowest BCUT2D eigenvalue weighted by Gasteiger charge is -2.04. The summed E-state index contributed by atoms with van der Waals surface area (Å²) < 4.78 is 6.95. The van der Waals surface area contributed by atoms with Crippen LogP contribution < -0.4 is 4.74 Å². The van der Waals surface area contributed by atoms with Gasteiger partial charge in [-0.25, -0.2) is 4.98 Å². The van der Waals surface area contributed by atoms with Crippen LogP contribution in [0.2, 0.25) is 5.15 Å². The molecule has 0 unspecified atom stereocenters. The zero-order valence-electron chi connectivity index (χ0n) is 10.1. The van der Waals surface area contributed by atoms with Gasteiger partial charge in [0.25, 0.3) is 0 Å². The van der Waals surface area contributed by atoms with Gasteiger partial charge in [0.05, 0.1) is 25.3 Å². The lowest BCUT2D eigenvalue weighted by molar-refractivity contribution is 0.415. The second kappa shape index (κ2) is 5.11. The first-order valence-electron chi connectivity index (χ1n) is 5.40. The van der Waals surface area contributed by atoms with Crippen LogP contribution >= 0.6 is 11.6 Å². The summed E-state index contributed by atoms with van der Waals surface area (Å²) in [5.41, 5.74) is 1.50. The van der Waals surface area contributed by atoms with E-state index in [1.165, 1.54) is 0 Å². The van der Waals surface area contributed by atoms with Crippen molar-refractivity contribution in [1.82, 2.24) is 9.55 Å². The fraction of sp³-hybridized carbons (Fsp3) is 0.231. The van der Waals surface area contributed by atoms with Gasteiger partial charge in [-0.05, 0) is 12.1 Å². The average Bonchev–Trinajstić information content (AvgIpc) is 2.68. The van der Waals surface area contributed by atoms with Crippen LogP contribution in [0.15, 0.2) is 24.3 Å². The molecule has 0 fully saturated rings. The van der Waals surface area contributed by atoms with Crippen molar-refractivity contribution in [3.05, 3.63) is 35.1 Å². The van der Waals surface area contributed by atoms with E-state index in [1.807, 2.05) is 31.3 Å². The molecule has 0 amide bonds. The zero-order chi connectivity index (χ0) is 13.1. The minimum atomic E-state index is 0.205. The van der Waals surface area contributed by atoms with Gasteiger partial charge in [0, 0.05) is 12.6 Å². The van der Waals surface area contributed by atoms with E-state index in [-0.39, 0.29) is 6.42 Å². The normalized spacial score (nSPS) is 10.1. The maximum Gasteiger partial charge on any atom is 0.141 e. The summed E-state index contributed by atoms with van der Waals surface area (Å²) in [6, 6.07) is 9.62. The minimum Gasteiger partial charge on any atom is -0.497 e. The molecular formula is C13H12ClN3O. The van der Waals surface area contributed by atoms with Crippen molar-refractivity contribution < 1.29 is 4.74 Å². The van der Waals surface area contributed by atoms with Crippen LogP contribution in [0.1, 0.15) is 5.69 Å². The molecule has 2 rings (SSSR count). The van der Waals surface area contributed by atoms with Crippen LogP contribution in [0.5, 0.6) is 5.75 Å². The summed E-state index contributed by atoms with van der Waals surface area (Å²) in [6.45, 7) is 0. The Hall–Kier alpha value is -1.99. The fourth-order valence-electron chi connectivity index (χ4n) is 1.74. The highest BCUT2D eigenvalue weighted by atomic mass is 35.5. The summed E-state index contributed by atoms with van der Waals surface area (Å²) >= 11 is 6.13. The molecule has 1 heterocycles. The number of hydrogen-bond donors (Lipinski definition) is 0. The second-order valence-electron chi connectivity index (χ2n) is 3.80. The Kier molecular flexibility index (Phi) is 3.54. The van der Waals surface area contributed by atoms with E-state index in [0.717, 1.165) is 17.1 Å². The number of nitrogens with zero attached hydrogens (tertiary/aromatic N) is 3. The van der Waals surface area contributed by atoms with Crippen molar-refractivity contribution in [2.75, 3.05) is 7.11 Å². The van der Waals surface area contributed by atoms with Crippen molar-refractivity contribution in [2.24, 2.45) is 7.05 Å². The molecule has 5 heteroatoms. The predicted octanol–water partition coefficient (Wildman–Crippen LogP) is 2.82. The highest BCUT2D eigenvalue weighted by Gasteiger charge is 2.14. The first kappa shape index (κ1) is 12.5. The van der Waals surface area contributed by atoms with E-state index >= 15 is 0 Å². The summed E-state index contributed by atoms with van der Waals surface area (Å²) in [4.78, 5) is 4.40. The molecule has 0 saturated carbocycles. The molecule has 1 aromatic carbocycles. The van der Waals surface area contributed by atoms with Gasteiger partial charge in [-0.3, -0.25) is 0 Å². The Morgan fingerprint density at radius 1 is 1.50 bits per heavy atom. The van der Waals surface area contributed by atoms with Crippen LogP contribution in [-0.4, -0.2) is 16.7 Å². The largest absolute Gasteiger partial charge is 0.497 e. The molecule has 4 nitrogen and oxygen atoms in total. The first-order chi connectivity index (χ1) is 8.67. The Morgan fingerprint density at radius 2 is 2.28 bits per heavy atom. The van der Waals surface area contributed by atoms with Crippen molar-refractivity contribution in [3.63, 3.8) is 0 Å². The van der Waals surface area contributed by atoms with E-state index in [0.29, 0.717) is 10.8 Å². The van der Waals surface area contributed by atoms with E-state index in [1.54, 1.807) is 11.7 Å². The third-order valence-corrected chi connectivity index (χ3v) is 3.14. The number of benzene rings is 1. The van der Waals surface area contributed by atoms with Gasteiger partial charge in [-0.15, -0.1) is 0 Å². The van der Waals surface area contributed by atoms with Crippen molar-refractivity contribution >= 4 is 11.6 Å². The van der Waals surface area contributed by atoms with E-state index in [9.17, 15) is 0 Å². The Morgan fingerprint density at radius 3 is 2.94 bits per heavy atom. The van der Waals surface area contributed by atoms with Crippen LogP contribution in [0.3, 0.4) is 0 Å². The van der Waals surface area contributed by atoms with Crippen LogP contribution in [0, 0.1) is 11.3 Å². The molecule has 0 radical (unpaired) electrons. The van der Waals surface area contributed by atoms with Crippen molar-refractivity contribution in [2.45, 2.75) is 6.42 Å². The minimum absolute atomic E-state index is 0.205.